The highest BCUT2D eigenvalue weighted by Crippen LogP contribution is 2.30. The minimum absolute atomic E-state index is 0.0906. The fraction of sp³-hybridized carbons (Fsp3) is 0.357. The molecule has 1 fully saturated rings. The van der Waals surface area contributed by atoms with E-state index < -0.39 is 0 Å². The summed E-state index contributed by atoms with van der Waals surface area (Å²) in [6.07, 6.45) is 2.51. The van der Waals surface area contributed by atoms with Crippen LogP contribution in [0.2, 0.25) is 0 Å². The predicted molar refractivity (Wildman–Crippen MR) is 65.1 cm³/mol. The molecule has 1 saturated heterocycles. The zero-order valence-electron chi connectivity index (χ0n) is 9.62. The smallest absolute Gasteiger partial charge is 0.224 e. The Hall–Kier alpha value is -1.57. The number of aryl methyl sites for hydroxylation is 1. The van der Waals surface area contributed by atoms with Gasteiger partial charge in [0.15, 0.2) is 0 Å². The van der Waals surface area contributed by atoms with Crippen molar-refractivity contribution in [1.29, 1.82) is 0 Å². The first-order valence-corrected chi connectivity index (χ1v) is 5.78. The molecule has 0 saturated carbocycles. The Bertz CT molecular complexity index is 422. The Labute approximate surface area is 96.4 Å². The summed E-state index contributed by atoms with van der Waals surface area (Å²) in [5, 5.41) is 2.83. The predicted octanol–water partition coefficient (Wildman–Crippen LogP) is 2.76. The van der Waals surface area contributed by atoms with Gasteiger partial charge in [0.1, 0.15) is 0 Å². The van der Waals surface area contributed by atoms with E-state index in [-0.39, 0.29) is 11.8 Å². The second-order valence-corrected chi connectivity index (χ2v) is 4.26. The number of amides is 1. The van der Waals surface area contributed by atoms with Gasteiger partial charge in [-0.1, -0.05) is 37.8 Å². The molecule has 1 aromatic carbocycles. The second-order valence-electron chi connectivity index (χ2n) is 4.26. The first kappa shape index (κ1) is 10.9. The van der Waals surface area contributed by atoms with Gasteiger partial charge in [0.05, 0.1) is 0 Å². The minimum Gasteiger partial charge on any atom is -0.330 e. The maximum Gasteiger partial charge on any atom is 0.224 e. The van der Waals surface area contributed by atoms with Crippen LogP contribution in [0.5, 0.6) is 0 Å². The maximum absolute atomic E-state index is 11.2. The van der Waals surface area contributed by atoms with Crippen molar-refractivity contribution in [3.63, 3.8) is 0 Å². The molecule has 0 aromatic heterocycles. The molecule has 0 spiro atoms. The van der Waals surface area contributed by atoms with E-state index in [9.17, 15) is 4.79 Å². The second kappa shape index (κ2) is 4.52. The summed E-state index contributed by atoms with van der Waals surface area (Å²) in [6, 6.07) is 8.55. The molecule has 1 aliphatic rings. The molecular weight excluding hydrogens is 198 g/mol. The number of piperidine rings is 1. The fourth-order valence-electron chi connectivity index (χ4n) is 2.18. The van der Waals surface area contributed by atoms with Gasteiger partial charge in [0.2, 0.25) is 5.91 Å². The highest BCUT2D eigenvalue weighted by molar-refractivity contribution is 5.79. The van der Waals surface area contributed by atoms with E-state index in [1.54, 1.807) is 0 Å². The van der Waals surface area contributed by atoms with Gasteiger partial charge in [-0.2, -0.15) is 0 Å². The lowest BCUT2D eigenvalue weighted by molar-refractivity contribution is -0.121. The van der Waals surface area contributed by atoms with Crippen LogP contribution in [0.15, 0.2) is 36.5 Å². The molecule has 0 bridgehead atoms. The number of carbonyl (C=O) groups excluding carboxylic acids is 1. The molecule has 16 heavy (non-hydrogen) atoms. The van der Waals surface area contributed by atoms with Gasteiger partial charge in [-0.15, -0.1) is 0 Å². The van der Waals surface area contributed by atoms with Gasteiger partial charge in [0, 0.05) is 18.0 Å². The van der Waals surface area contributed by atoms with Crippen LogP contribution >= 0.6 is 0 Å². The van der Waals surface area contributed by atoms with Crippen LogP contribution in [-0.2, 0) is 11.2 Å². The molecular formula is C14H17NO. The van der Waals surface area contributed by atoms with Crippen molar-refractivity contribution < 1.29 is 4.79 Å². The lowest BCUT2D eigenvalue weighted by Crippen LogP contribution is -2.31. The van der Waals surface area contributed by atoms with Crippen LogP contribution in [0.4, 0.5) is 0 Å². The molecule has 1 aliphatic heterocycles. The monoisotopic (exact) mass is 215 g/mol. The quantitative estimate of drug-likeness (QED) is 0.807. The van der Waals surface area contributed by atoms with Crippen LogP contribution in [0.1, 0.15) is 36.8 Å². The van der Waals surface area contributed by atoms with Crippen LogP contribution < -0.4 is 5.32 Å². The zero-order chi connectivity index (χ0) is 11.5. The lowest BCUT2D eigenvalue weighted by Gasteiger charge is -2.25. The van der Waals surface area contributed by atoms with E-state index in [2.05, 4.69) is 43.1 Å². The molecule has 2 heteroatoms. The number of hydrogen-bond donors (Lipinski definition) is 1. The molecule has 0 aliphatic carbocycles. The number of rotatable bonds is 2. The van der Waals surface area contributed by atoms with Gasteiger partial charge in [0.25, 0.3) is 0 Å². The third kappa shape index (κ3) is 2.16. The summed E-state index contributed by atoms with van der Waals surface area (Å²) >= 11 is 0. The molecule has 2 rings (SSSR count). The lowest BCUT2D eigenvalue weighted by atomic mass is 9.88. The van der Waals surface area contributed by atoms with Crippen LogP contribution in [0.3, 0.4) is 0 Å². The van der Waals surface area contributed by atoms with Crippen molar-refractivity contribution in [3.8, 4) is 0 Å². The average Bonchev–Trinajstić information content (AvgIpc) is 2.29. The van der Waals surface area contributed by atoms with Gasteiger partial charge < -0.3 is 5.32 Å². The van der Waals surface area contributed by atoms with Gasteiger partial charge in [-0.05, 0) is 24.0 Å². The Kier molecular flexibility index (Phi) is 3.09. The zero-order valence-corrected chi connectivity index (χ0v) is 9.62. The van der Waals surface area contributed by atoms with Crippen molar-refractivity contribution in [1.82, 2.24) is 5.32 Å². The van der Waals surface area contributed by atoms with Crippen molar-refractivity contribution >= 4 is 5.91 Å². The Morgan fingerprint density at radius 3 is 3.00 bits per heavy atom. The van der Waals surface area contributed by atoms with Crippen molar-refractivity contribution in [2.45, 2.75) is 32.1 Å². The molecule has 2 nitrogen and oxygen atoms in total. The van der Waals surface area contributed by atoms with Crippen LogP contribution in [0, 0.1) is 0 Å². The molecule has 1 unspecified atom stereocenters. The van der Waals surface area contributed by atoms with Crippen molar-refractivity contribution in [2.24, 2.45) is 0 Å². The van der Waals surface area contributed by atoms with Crippen molar-refractivity contribution in [2.75, 3.05) is 0 Å². The summed E-state index contributed by atoms with van der Waals surface area (Å²) in [5.74, 6) is 0.372. The van der Waals surface area contributed by atoms with E-state index in [4.69, 9.17) is 0 Å². The SMILES string of the molecule is C=C1NC(=O)CCC1c1cccc(CC)c1. The molecule has 0 radical (unpaired) electrons. The molecule has 1 N–H and O–H groups in total. The Balaban J connectivity index is 2.23. The number of benzene rings is 1. The minimum atomic E-state index is 0.0906. The normalized spacial score (nSPS) is 20.7. The summed E-state index contributed by atoms with van der Waals surface area (Å²) in [5.41, 5.74) is 3.44. The number of allylic oxidation sites excluding steroid dienone is 1. The molecule has 1 heterocycles. The molecule has 84 valence electrons. The van der Waals surface area contributed by atoms with E-state index in [1.807, 2.05) is 0 Å². The number of hydrogen-bond acceptors (Lipinski definition) is 1. The van der Waals surface area contributed by atoms with E-state index >= 15 is 0 Å². The summed E-state index contributed by atoms with van der Waals surface area (Å²) in [6.45, 7) is 6.10. The van der Waals surface area contributed by atoms with Crippen molar-refractivity contribution in [3.05, 3.63) is 47.7 Å². The molecule has 1 aromatic rings. The average molecular weight is 215 g/mol. The van der Waals surface area contributed by atoms with Gasteiger partial charge >= 0.3 is 0 Å². The van der Waals surface area contributed by atoms with Gasteiger partial charge in [-0.25, -0.2) is 0 Å². The third-order valence-electron chi connectivity index (χ3n) is 3.14. The van der Waals surface area contributed by atoms with Gasteiger partial charge in [-0.3, -0.25) is 4.79 Å². The summed E-state index contributed by atoms with van der Waals surface area (Å²) in [7, 11) is 0. The molecule has 1 atom stereocenters. The topological polar surface area (TPSA) is 29.1 Å². The highest BCUT2D eigenvalue weighted by Gasteiger charge is 2.23. The molecule has 1 amide bonds. The standard InChI is InChI=1S/C14H17NO/c1-3-11-5-4-6-12(9-11)13-7-8-14(16)15-10(13)2/h4-6,9,13H,2-3,7-8H2,1H3,(H,15,16). The Morgan fingerprint density at radius 2 is 2.31 bits per heavy atom. The summed E-state index contributed by atoms with van der Waals surface area (Å²) < 4.78 is 0. The largest absolute Gasteiger partial charge is 0.330 e. The van der Waals surface area contributed by atoms with Crippen LogP contribution in [0.25, 0.3) is 0 Å². The van der Waals surface area contributed by atoms with E-state index in [1.165, 1.54) is 11.1 Å². The fourth-order valence-corrected chi connectivity index (χ4v) is 2.18. The number of carbonyl (C=O) groups is 1. The Morgan fingerprint density at radius 1 is 1.50 bits per heavy atom. The first-order valence-electron chi connectivity index (χ1n) is 5.78. The van der Waals surface area contributed by atoms with E-state index in [0.29, 0.717) is 6.42 Å². The van der Waals surface area contributed by atoms with Crippen LogP contribution in [-0.4, -0.2) is 5.91 Å². The summed E-state index contributed by atoms with van der Waals surface area (Å²) in [4.78, 5) is 11.2. The third-order valence-corrected chi connectivity index (χ3v) is 3.14. The first-order chi connectivity index (χ1) is 7.70. The highest BCUT2D eigenvalue weighted by atomic mass is 16.1. The maximum atomic E-state index is 11.2. The van der Waals surface area contributed by atoms with E-state index in [0.717, 1.165) is 18.5 Å². The number of nitrogens with one attached hydrogen (secondary N) is 1.